The first-order valence-corrected chi connectivity index (χ1v) is 11.8. The van der Waals surface area contributed by atoms with Crippen LogP contribution >= 0.6 is 0 Å². The summed E-state index contributed by atoms with van der Waals surface area (Å²) < 4.78 is 0. The lowest BCUT2D eigenvalue weighted by molar-refractivity contribution is -0.136. The average molecular weight is 453 g/mol. The van der Waals surface area contributed by atoms with Gasteiger partial charge in [0.1, 0.15) is 0 Å². The van der Waals surface area contributed by atoms with Gasteiger partial charge in [-0.15, -0.1) is 0 Å². The van der Waals surface area contributed by atoms with Gasteiger partial charge in [-0.2, -0.15) is 0 Å². The molecule has 1 aliphatic heterocycles. The second-order valence-corrected chi connectivity index (χ2v) is 9.02. The molecule has 0 unspecified atom stereocenters. The number of aliphatic carboxylic acids is 1. The van der Waals surface area contributed by atoms with Crippen LogP contribution in [0.25, 0.3) is 0 Å². The van der Waals surface area contributed by atoms with Crippen molar-refractivity contribution in [3.63, 3.8) is 0 Å². The number of carboxylic acid groups (broad SMARTS) is 1. The van der Waals surface area contributed by atoms with Crippen molar-refractivity contribution in [2.24, 2.45) is 5.92 Å². The summed E-state index contributed by atoms with van der Waals surface area (Å²) in [5, 5.41) is 15.4. The minimum atomic E-state index is -0.925. The predicted molar refractivity (Wildman–Crippen MR) is 133 cm³/mol. The van der Waals surface area contributed by atoms with E-state index in [4.69, 9.17) is 5.11 Å². The Morgan fingerprint density at radius 3 is 2.29 bits per heavy atom. The number of anilines is 1. The van der Waals surface area contributed by atoms with E-state index >= 15 is 0 Å². The van der Waals surface area contributed by atoms with Crippen molar-refractivity contribution in [3.8, 4) is 0 Å². The molecule has 0 radical (unpaired) electrons. The molecule has 2 aliphatic rings. The number of carboxylic acids is 1. The molecule has 34 heavy (non-hydrogen) atoms. The highest BCUT2D eigenvalue weighted by molar-refractivity contribution is 5.95. The second kappa shape index (κ2) is 9.56. The largest absolute Gasteiger partial charge is 0.481 e. The highest BCUT2D eigenvalue weighted by Gasteiger charge is 2.41. The molecular weight excluding hydrogens is 424 g/mol. The molecule has 1 aliphatic carbocycles. The highest BCUT2D eigenvalue weighted by atomic mass is 16.4. The SMILES string of the molecule is O=C(O)CCNC(=O)c1ccc2c(c1)[C@@H]1C=CC[C@H]1[C@H](C(c1ccccc1)c1ccccc1)N2. The van der Waals surface area contributed by atoms with Crippen molar-refractivity contribution < 1.29 is 14.7 Å². The normalized spacial score (nSPS) is 20.3. The van der Waals surface area contributed by atoms with Gasteiger partial charge in [0.05, 0.1) is 6.42 Å². The van der Waals surface area contributed by atoms with Crippen molar-refractivity contribution in [1.82, 2.24) is 5.32 Å². The smallest absolute Gasteiger partial charge is 0.305 e. The number of rotatable bonds is 7. The van der Waals surface area contributed by atoms with Crippen LogP contribution in [0.1, 0.15) is 51.7 Å². The van der Waals surface area contributed by atoms with Crippen LogP contribution in [-0.4, -0.2) is 29.6 Å². The fraction of sp³-hybridized carbons (Fsp3) is 0.241. The first kappa shape index (κ1) is 22.0. The van der Waals surface area contributed by atoms with Crippen LogP contribution in [0.4, 0.5) is 5.69 Å². The van der Waals surface area contributed by atoms with Gasteiger partial charge in [0.2, 0.25) is 0 Å². The Morgan fingerprint density at radius 1 is 0.971 bits per heavy atom. The molecule has 3 atom stereocenters. The summed E-state index contributed by atoms with van der Waals surface area (Å²) in [6.07, 6.45) is 5.42. The molecule has 1 heterocycles. The summed E-state index contributed by atoms with van der Waals surface area (Å²) in [6, 6.07) is 27.3. The lowest BCUT2D eigenvalue weighted by atomic mass is 9.71. The molecule has 0 saturated heterocycles. The zero-order chi connectivity index (χ0) is 23.5. The van der Waals surface area contributed by atoms with Crippen LogP contribution in [0.5, 0.6) is 0 Å². The lowest BCUT2D eigenvalue weighted by Gasteiger charge is -2.42. The number of allylic oxidation sites excluding steroid dienone is 2. The third-order valence-electron chi connectivity index (χ3n) is 6.97. The maximum Gasteiger partial charge on any atom is 0.305 e. The molecule has 0 spiro atoms. The van der Waals surface area contributed by atoms with Crippen molar-refractivity contribution >= 4 is 17.6 Å². The Kier molecular flexibility index (Phi) is 6.17. The van der Waals surface area contributed by atoms with Crippen molar-refractivity contribution in [2.75, 3.05) is 11.9 Å². The zero-order valence-corrected chi connectivity index (χ0v) is 18.9. The van der Waals surface area contributed by atoms with Gasteiger partial charge in [0.15, 0.2) is 0 Å². The van der Waals surface area contributed by atoms with Crippen LogP contribution in [0, 0.1) is 5.92 Å². The van der Waals surface area contributed by atoms with Gasteiger partial charge in [0.25, 0.3) is 5.91 Å². The summed E-state index contributed by atoms with van der Waals surface area (Å²) in [4.78, 5) is 23.4. The first-order chi connectivity index (χ1) is 16.6. The third kappa shape index (κ3) is 4.34. The molecule has 0 aromatic heterocycles. The molecule has 0 saturated carbocycles. The molecule has 172 valence electrons. The number of carbonyl (C=O) groups excluding carboxylic acids is 1. The topological polar surface area (TPSA) is 78.4 Å². The van der Waals surface area contributed by atoms with Crippen LogP contribution in [0.2, 0.25) is 0 Å². The van der Waals surface area contributed by atoms with Crippen LogP contribution in [0.3, 0.4) is 0 Å². The Labute approximate surface area is 199 Å². The molecule has 3 aromatic rings. The number of hydrogen-bond donors (Lipinski definition) is 3. The zero-order valence-electron chi connectivity index (χ0n) is 18.9. The fourth-order valence-electron chi connectivity index (χ4n) is 5.42. The van der Waals surface area contributed by atoms with Gasteiger partial charge >= 0.3 is 5.97 Å². The monoisotopic (exact) mass is 452 g/mol. The maximum absolute atomic E-state index is 12.6. The van der Waals surface area contributed by atoms with E-state index in [2.05, 4.69) is 83.4 Å². The van der Waals surface area contributed by atoms with E-state index in [0.717, 1.165) is 17.7 Å². The molecular formula is C29H28N2O3. The maximum atomic E-state index is 12.6. The molecule has 5 heteroatoms. The van der Waals surface area contributed by atoms with Gasteiger partial charge in [-0.25, -0.2) is 0 Å². The quantitative estimate of drug-likeness (QED) is 0.432. The number of nitrogens with one attached hydrogen (secondary N) is 2. The van der Waals surface area contributed by atoms with Crippen molar-refractivity contribution in [3.05, 3.63) is 113 Å². The van der Waals surface area contributed by atoms with E-state index in [-0.39, 0.29) is 36.8 Å². The van der Waals surface area contributed by atoms with E-state index in [1.807, 2.05) is 18.2 Å². The summed E-state index contributed by atoms with van der Waals surface area (Å²) in [5.74, 6) is -0.379. The van der Waals surface area contributed by atoms with Crippen molar-refractivity contribution in [2.45, 2.75) is 30.7 Å². The Morgan fingerprint density at radius 2 is 1.65 bits per heavy atom. The molecule has 5 rings (SSSR count). The van der Waals surface area contributed by atoms with Crippen LogP contribution < -0.4 is 10.6 Å². The number of benzene rings is 3. The number of amides is 1. The van der Waals surface area contributed by atoms with Gasteiger partial charge in [0, 0.05) is 35.7 Å². The van der Waals surface area contributed by atoms with E-state index in [9.17, 15) is 9.59 Å². The molecule has 1 amide bonds. The fourth-order valence-corrected chi connectivity index (χ4v) is 5.42. The molecule has 0 fully saturated rings. The van der Waals surface area contributed by atoms with E-state index in [0.29, 0.717) is 11.5 Å². The van der Waals surface area contributed by atoms with Gasteiger partial charge in [-0.1, -0.05) is 72.8 Å². The molecule has 3 aromatic carbocycles. The first-order valence-electron chi connectivity index (χ1n) is 11.8. The Hall–Kier alpha value is -3.86. The minimum absolute atomic E-state index is 0.0896. The van der Waals surface area contributed by atoms with E-state index in [1.165, 1.54) is 11.1 Å². The molecule has 0 bridgehead atoms. The third-order valence-corrected chi connectivity index (χ3v) is 6.97. The summed E-state index contributed by atoms with van der Waals surface area (Å²) >= 11 is 0. The van der Waals surface area contributed by atoms with Crippen LogP contribution in [0.15, 0.2) is 91.0 Å². The number of hydrogen-bond acceptors (Lipinski definition) is 3. The van der Waals surface area contributed by atoms with Gasteiger partial charge < -0.3 is 15.7 Å². The highest BCUT2D eigenvalue weighted by Crippen LogP contribution is 2.49. The molecule has 3 N–H and O–H groups in total. The molecule has 5 nitrogen and oxygen atoms in total. The predicted octanol–water partition coefficient (Wildman–Crippen LogP) is 5.18. The summed E-state index contributed by atoms with van der Waals surface area (Å²) in [7, 11) is 0. The van der Waals surface area contributed by atoms with Gasteiger partial charge in [-0.3, -0.25) is 9.59 Å². The van der Waals surface area contributed by atoms with E-state index < -0.39 is 5.97 Å². The Balaban J connectivity index is 1.48. The standard InChI is InChI=1S/C29H28N2O3/c32-26(33)16-17-30-29(34)21-14-15-25-24(18-21)22-12-7-13-23(22)28(31-25)27(19-8-3-1-4-9-19)20-10-5-2-6-11-20/h1-12,14-15,18,22-23,27-28,31H,13,16-17H2,(H,30,34)(H,32,33)/t22-,23-,28-/m1/s1. The number of fused-ring (bicyclic) bond motifs is 3. The van der Waals surface area contributed by atoms with Crippen molar-refractivity contribution in [1.29, 1.82) is 0 Å². The van der Waals surface area contributed by atoms with Gasteiger partial charge in [-0.05, 0) is 47.2 Å². The Bertz CT molecular complexity index is 1170. The second-order valence-electron chi connectivity index (χ2n) is 9.02. The summed E-state index contributed by atoms with van der Waals surface area (Å²) in [5.41, 5.74) is 5.31. The number of carbonyl (C=O) groups is 2. The minimum Gasteiger partial charge on any atom is -0.481 e. The lowest BCUT2D eigenvalue weighted by Crippen LogP contribution is -2.41. The summed E-state index contributed by atoms with van der Waals surface area (Å²) in [6.45, 7) is 0.118. The average Bonchev–Trinajstić information content (AvgIpc) is 3.36. The van der Waals surface area contributed by atoms with Crippen LogP contribution in [-0.2, 0) is 4.79 Å². The van der Waals surface area contributed by atoms with E-state index in [1.54, 1.807) is 0 Å².